The Kier molecular flexibility index (Phi) is 3.67. The number of benzene rings is 1. The second-order valence-electron chi connectivity index (χ2n) is 6.56. The Balaban J connectivity index is 1.49. The third kappa shape index (κ3) is 2.78. The smallest absolute Gasteiger partial charge is 0.131 e. The van der Waals surface area contributed by atoms with Crippen molar-refractivity contribution in [3.63, 3.8) is 0 Å². The van der Waals surface area contributed by atoms with E-state index >= 15 is 0 Å². The number of aryl methyl sites for hydroxylation is 1. The number of hydrogen-bond acceptors (Lipinski definition) is 3. The predicted molar refractivity (Wildman–Crippen MR) is 87.6 cm³/mol. The third-order valence-corrected chi connectivity index (χ3v) is 4.87. The monoisotopic (exact) mass is 293 g/mol. The van der Waals surface area contributed by atoms with Gasteiger partial charge in [-0.1, -0.05) is 31.2 Å². The van der Waals surface area contributed by atoms with Crippen molar-refractivity contribution in [3.05, 3.63) is 58.7 Å². The van der Waals surface area contributed by atoms with Crippen molar-refractivity contribution in [2.24, 2.45) is 0 Å². The van der Waals surface area contributed by atoms with Gasteiger partial charge in [0.25, 0.3) is 0 Å². The molecule has 1 aliphatic heterocycles. The van der Waals surface area contributed by atoms with Gasteiger partial charge in [0.15, 0.2) is 0 Å². The van der Waals surface area contributed by atoms with E-state index in [2.05, 4.69) is 47.3 Å². The van der Waals surface area contributed by atoms with E-state index in [9.17, 15) is 0 Å². The molecule has 0 radical (unpaired) electrons. The van der Waals surface area contributed by atoms with Crippen molar-refractivity contribution in [1.82, 2.24) is 14.9 Å². The topological polar surface area (TPSA) is 29.0 Å². The number of rotatable bonds is 4. The van der Waals surface area contributed by atoms with Crippen molar-refractivity contribution < 1.29 is 0 Å². The molecular weight excluding hydrogens is 270 g/mol. The van der Waals surface area contributed by atoms with Crippen molar-refractivity contribution in [2.75, 3.05) is 6.54 Å². The molecule has 1 aromatic carbocycles. The Hall–Kier alpha value is -1.74. The highest BCUT2D eigenvalue weighted by Crippen LogP contribution is 2.38. The number of nitrogens with zero attached hydrogens (tertiary/aromatic N) is 3. The van der Waals surface area contributed by atoms with E-state index < -0.39 is 0 Å². The highest BCUT2D eigenvalue weighted by Gasteiger charge is 2.28. The predicted octanol–water partition coefficient (Wildman–Crippen LogP) is 3.47. The first-order valence-corrected chi connectivity index (χ1v) is 8.47. The lowest BCUT2D eigenvalue weighted by atomic mass is 10.0. The molecule has 0 saturated heterocycles. The van der Waals surface area contributed by atoms with E-state index in [1.54, 1.807) is 0 Å². The largest absolute Gasteiger partial charge is 0.294 e. The quantitative estimate of drug-likeness (QED) is 0.864. The molecule has 2 aromatic rings. The summed E-state index contributed by atoms with van der Waals surface area (Å²) < 4.78 is 0. The fourth-order valence-corrected chi connectivity index (χ4v) is 3.36. The fourth-order valence-electron chi connectivity index (χ4n) is 3.36. The molecule has 0 atom stereocenters. The van der Waals surface area contributed by atoms with E-state index in [4.69, 9.17) is 4.98 Å². The Labute approximate surface area is 132 Å². The number of hydrogen-bond donors (Lipinski definition) is 0. The second-order valence-corrected chi connectivity index (χ2v) is 6.56. The molecule has 1 aromatic heterocycles. The van der Waals surface area contributed by atoms with E-state index in [0.29, 0.717) is 5.92 Å². The standard InChI is InChI=1S/C19H23N3/c1-2-14-5-3-4-6-16(14)12-22-10-9-18-17(13-22)11-20-19(21-18)15-7-8-15/h3-6,11,15H,2,7-10,12-13H2,1H3. The van der Waals surface area contributed by atoms with Crippen molar-refractivity contribution in [3.8, 4) is 0 Å². The molecule has 1 fully saturated rings. The maximum Gasteiger partial charge on any atom is 0.131 e. The summed E-state index contributed by atoms with van der Waals surface area (Å²) in [5.41, 5.74) is 5.54. The highest BCUT2D eigenvalue weighted by molar-refractivity contribution is 5.28. The maximum atomic E-state index is 4.81. The van der Waals surface area contributed by atoms with Crippen LogP contribution in [-0.4, -0.2) is 21.4 Å². The van der Waals surface area contributed by atoms with Gasteiger partial charge in [-0.05, 0) is 30.4 Å². The number of aromatic nitrogens is 2. The SMILES string of the molecule is CCc1ccccc1CN1CCc2nc(C3CC3)ncc2C1. The van der Waals surface area contributed by atoms with Crippen molar-refractivity contribution in [2.45, 2.75) is 51.6 Å². The molecule has 114 valence electrons. The van der Waals surface area contributed by atoms with Gasteiger partial charge in [-0.25, -0.2) is 9.97 Å². The highest BCUT2D eigenvalue weighted by atomic mass is 15.1. The normalized spacial score (nSPS) is 18.2. The molecule has 2 aliphatic rings. The lowest BCUT2D eigenvalue weighted by Crippen LogP contribution is -2.31. The van der Waals surface area contributed by atoms with Crippen LogP contribution in [0, 0.1) is 0 Å². The van der Waals surface area contributed by atoms with E-state index in [1.165, 1.54) is 35.2 Å². The summed E-state index contributed by atoms with van der Waals surface area (Å²) in [6.45, 7) is 5.36. The van der Waals surface area contributed by atoms with Gasteiger partial charge >= 0.3 is 0 Å². The van der Waals surface area contributed by atoms with Gasteiger partial charge in [-0.2, -0.15) is 0 Å². The first-order chi connectivity index (χ1) is 10.8. The lowest BCUT2D eigenvalue weighted by molar-refractivity contribution is 0.242. The van der Waals surface area contributed by atoms with Crippen molar-refractivity contribution >= 4 is 0 Å². The van der Waals surface area contributed by atoms with Crippen LogP contribution in [-0.2, 0) is 25.9 Å². The zero-order valence-electron chi connectivity index (χ0n) is 13.3. The zero-order valence-corrected chi connectivity index (χ0v) is 13.3. The zero-order chi connectivity index (χ0) is 14.9. The van der Waals surface area contributed by atoms with Crippen LogP contribution in [0.15, 0.2) is 30.5 Å². The summed E-state index contributed by atoms with van der Waals surface area (Å²) in [6.07, 6.45) is 6.80. The molecule has 0 spiro atoms. The first kappa shape index (κ1) is 13.9. The number of fused-ring (bicyclic) bond motifs is 1. The van der Waals surface area contributed by atoms with Gasteiger partial charge in [-0.15, -0.1) is 0 Å². The van der Waals surface area contributed by atoms with Gasteiger partial charge in [0.1, 0.15) is 5.82 Å². The minimum absolute atomic E-state index is 0.653. The van der Waals surface area contributed by atoms with Crippen LogP contribution in [0.1, 0.15) is 53.9 Å². The maximum absolute atomic E-state index is 4.81. The van der Waals surface area contributed by atoms with Crippen LogP contribution in [0.3, 0.4) is 0 Å². The van der Waals surface area contributed by atoms with Gasteiger partial charge in [0.2, 0.25) is 0 Å². The molecule has 3 nitrogen and oxygen atoms in total. The molecule has 0 N–H and O–H groups in total. The Bertz CT molecular complexity index is 676. The van der Waals surface area contributed by atoms with Gasteiger partial charge in [0.05, 0.1) is 0 Å². The van der Waals surface area contributed by atoms with Crippen LogP contribution in [0.25, 0.3) is 0 Å². The third-order valence-electron chi connectivity index (χ3n) is 4.87. The van der Waals surface area contributed by atoms with Gasteiger partial charge < -0.3 is 0 Å². The van der Waals surface area contributed by atoms with Crippen LogP contribution >= 0.6 is 0 Å². The average Bonchev–Trinajstić information content (AvgIpc) is 3.40. The summed E-state index contributed by atoms with van der Waals surface area (Å²) in [5.74, 6) is 1.74. The average molecular weight is 293 g/mol. The van der Waals surface area contributed by atoms with Crippen LogP contribution in [0.4, 0.5) is 0 Å². The molecule has 3 heteroatoms. The first-order valence-electron chi connectivity index (χ1n) is 8.47. The summed E-state index contributed by atoms with van der Waals surface area (Å²) in [7, 11) is 0. The Morgan fingerprint density at radius 2 is 2.00 bits per heavy atom. The fraction of sp³-hybridized carbons (Fsp3) is 0.474. The Morgan fingerprint density at radius 3 is 2.77 bits per heavy atom. The molecule has 4 rings (SSSR count). The molecule has 0 amide bonds. The molecule has 0 bridgehead atoms. The van der Waals surface area contributed by atoms with Crippen LogP contribution < -0.4 is 0 Å². The van der Waals surface area contributed by atoms with Crippen LogP contribution in [0.2, 0.25) is 0 Å². The minimum atomic E-state index is 0.653. The molecular formula is C19H23N3. The molecule has 2 heterocycles. The molecule has 1 saturated carbocycles. The molecule has 22 heavy (non-hydrogen) atoms. The molecule has 0 unspecified atom stereocenters. The molecule has 1 aliphatic carbocycles. The van der Waals surface area contributed by atoms with E-state index in [0.717, 1.165) is 38.3 Å². The second kappa shape index (κ2) is 5.81. The summed E-state index contributed by atoms with van der Waals surface area (Å²) in [5, 5.41) is 0. The van der Waals surface area contributed by atoms with Gasteiger partial charge in [0, 0.05) is 49.4 Å². The summed E-state index contributed by atoms with van der Waals surface area (Å²) in [6, 6.07) is 8.80. The Morgan fingerprint density at radius 1 is 1.18 bits per heavy atom. The minimum Gasteiger partial charge on any atom is -0.294 e. The van der Waals surface area contributed by atoms with Crippen LogP contribution in [0.5, 0.6) is 0 Å². The summed E-state index contributed by atoms with van der Waals surface area (Å²) >= 11 is 0. The lowest BCUT2D eigenvalue weighted by Gasteiger charge is -2.28. The summed E-state index contributed by atoms with van der Waals surface area (Å²) in [4.78, 5) is 11.9. The van der Waals surface area contributed by atoms with Crippen molar-refractivity contribution in [1.29, 1.82) is 0 Å². The van der Waals surface area contributed by atoms with Gasteiger partial charge in [-0.3, -0.25) is 4.90 Å². The van der Waals surface area contributed by atoms with E-state index in [1.807, 2.05) is 0 Å². The van der Waals surface area contributed by atoms with E-state index in [-0.39, 0.29) is 0 Å².